The van der Waals surface area contributed by atoms with Gasteiger partial charge in [-0.25, -0.2) is 0 Å². The van der Waals surface area contributed by atoms with Gasteiger partial charge >= 0.3 is 0 Å². The molecule has 0 aliphatic carbocycles. The SMILES string of the molecule is C[C@@H]1Oc2cc(N)ccc2N(C)C1=O. The summed E-state index contributed by atoms with van der Waals surface area (Å²) in [6, 6.07) is 5.27. The second-order valence-corrected chi connectivity index (χ2v) is 3.38. The number of benzene rings is 1. The average Bonchev–Trinajstić information content (AvgIpc) is 2.14. The number of nitrogens with zero attached hydrogens (tertiary/aromatic N) is 1. The van der Waals surface area contributed by atoms with Crippen molar-refractivity contribution in [1.29, 1.82) is 0 Å². The molecule has 1 aromatic rings. The highest BCUT2D eigenvalue weighted by Gasteiger charge is 2.28. The summed E-state index contributed by atoms with van der Waals surface area (Å²) in [5.74, 6) is 0.627. The fourth-order valence-electron chi connectivity index (χ4n) is 1.53. The van der Waals surface area contributed by atoms with Gasteiger partial charge in [-0.15, -0.1) is 0 Å². The van der Waals surface area contributed by atoms with E-state index in [1.54, 1.807) is 37.1 Å². The third kappa shape index (κ3) is 1.19. The van der Waals surface area contributed by atoms with E-state index in [1.807, 2.05) is 0 Å². The minimum absolute atomic E-state index is 0.0396. The van der Waals surface area contributed by atoms with Crippen molar-refractivity contribution in [3.05, 3.63) is 18.2 Å². The lowest BCUT2D eigenvalue weighted by Gasteiger charge is -2.30. The number of hydrogen-bond donors (Lipinski definition) is 1. The largest absolute Gasteiger partial charge is 0.479 e. The molecule has 74 valence electrons. The number of nitrogens with two attached hydrogens (primary N) is 1. The van der Waals surface area contributed by atoms with Crippen LogP contribution >= 0.6 is 0 Å². The fourth-order valence-corrected chi connectivity index (χ4v) is 1.53. The first-order chi connectivity index (χ1) is 6.59. The summed E-state index contributed by atoms with van der Waals surface area (Å²) in [6.07, 6.45) is -0.436. The molecule has 0 saturated carbocycles. The lowest BCUT2D eigenvalue weighted by atomic mass is 10.2. The Labute approximate surface area is 82.3 Å². The first-order valence-corrected chi connectivity index (χ1v) is 4.43. The zero-order valence-corrected chi connectivity index (χ0v) is 8.15. The number of likely N-dealkylation sites (N-methyl/N-ethyl adjacent to an activating group) is 1. The Morgan fingerprint density at radius 2 is 2.21 bits per heavy atom. The number of nitrogen functional groups attached to an aromatic ring is 1. The van der Waals surface area contributed by atoms with Crippen LogP contribution in [0, 0.1) is 0 Å². The van der Waals surface area contributed by atoms with Crippen LogP contribution in [0.5, 0.6) is 5.75 Å². The van der Waals surface area contributed by atoms with Crippen LogP contribution < -0.4 is 15.4 Å². The summed E-state index contributed by atoms with van der Waals surface area (Å²) >= 11 is 0. The highest BCUT2D eigenvalue weighted by molar-refractivity contribution is 5.99. The molecule has 14 heavy (non-hydrogen) atoms. The van der Waals surface area contributed by atoms with E-state index in [-0.39, 0.29) is 5.91 Å². The number of fused-ring (bicyclic) bond motifs is 1. The first-order valence-electron chi connectivity index (χ1n) is 4.43. The Kier molecular flexibility index (Phi) is 1.84. The predicted octanol–water partition coefficient (Wildman–Crippen LogP) is 1.01. The molecule has 1 aliphatic heterocycles. The van der Waals surface area contributed by atoms with E-state index < -0.39 is 6.10 Å². The van der Waals surface area contributed by atoms with Crippen LogP contribution in [0.25, 0.3) is 0 Å². The Hall–Kier alpha value is -1.71. The number of anilines is 2. The van der Waals surface area contributed by atoms with Crippen molar-refractivity contribution in [2.24, 2.45) is 0 Å². The monoisotopic (exact) mass is 192 g/mol. The lowest BCUT2D eigenvalue weighted by Crippen LogP contribution is -2.41. The van der Waals surface area contributed by atoms with Crippen LogP contribution in [0.15, 0.2) is 18.2 Å². The molecule has 0 saturated heterocycles. The van der Waals surface area contributed by atoms with Gasteiger partial charge in [0.1, 0.15) is 5.75 Å². The van der Waals surface area contributed by atoms with Gasteiger partial charge in [-0.05, 0) is 19.1 Å². The van der Waals surface area contributed by atoms with E-state index in [0.29, 0.717) is 11.4 Å². The number of ether oxygens (including phenoxy) is 1. The van der Waals surface area contributed by atoms with E-state index >= 15 is 0 Å². The maximum Gasteiger partial charge on any atom is 0.267 e. The van der Waals surface area contributed by atoms with Crippen LogP contribution in [-0.2, 0) is 4.79 Å². The molecule has 0 spiro atoms. The Morgan fingerprint density at radius 1 is 1.50 bits per heavy atom. The second-order valence-electron chi connectivity index (χ2n) is 3.38. The number of rotatable bonds is 0. The molecule has 0 bridgehead atoms. The molecule has 0 aromatic heterocycles. The molecule has 1 atom stereocenters. The van der Waals surface area contributed by atoms with Gasteiger partial charge in [0.05, 0.1) is 5.69 Å². The van der Waals surface area contributed by atoms with Crippen molar-refractivity contribution in [1.82, 2.24) is 0 Å². The van der Waals surface area contributed by atoms with Gasteiger partial charge in [0.25, 0.3) is 5.91 Å². The number of carbonyl (C=O) groups excluding carboxylic acids is 1. The van der Waals surface area contributed by atoms with Crippen molar-refractivity contribution in [3.63, 3.8) is 0 Å². The lowest BCUT2D eigenvalue weighted by molar-refractivity contribution is -0.125. The summed E-state index contributed by atoms with van der Waals surface area (Å²) in [4.78, 5) is 13.1. The minimum Gasteiger partial charge on any atom is -0.479 e. The molecular weight excluding hydrogens is 180 g/mol. The Balaban J connectivity index is 2.50. The van der Waals surface area contributed by atoms with Crippen LogP contribution in [0.4, 0.5) is 11.4 Å². The molecule has 4 nitrogen and oxygen atoms in total. The van der Waals surface area contributed by atoms with Crippen molar-refractivity contribution >= 4 is 17.3 Å². The maximum atomic E-state index is 11.5. The minimum atomic E-state index is -0.436. The molecule has 1 aromatic carbocycles. The fraction of sp³-hybridized carbons (Fsp3) is 0.300. The van der Waals surface area contributed by atoms with E-state index in [1.165, 1.54) is 0 Å². The van der Waals surface area contributed by atoms with Gasteiger partial charge < -0.3 is 15.4 Å². The number of carbonyl (C=O) groups is 1. The van der Waals surface area contributed by atoms with Crippen molar-refractivity contribution < 1.29 is 9.53 Å². The molecule has 0 radical (unpaired) electrons. The van der Waals surface area contributed by atoms with Crippen LogP contribution in [-0.4, -0.2) is 19.1 Å². The van der Waals surface area contributed by atoms with Crippen LogP contribution in [0.2, 0.25) is 0 Å². The second kappa shape index (κ2) is 2.90. The molecule has 4 heteroatoms. The van der Waals surface area contributed by atoms with Gasteiger partial charge in [-0.1, -0.05) is 0 Å². The quantitative estimate of drug-likeness (QED) is 0.624. The zero-order chi connectivity index (χ0) is 10.3. The topological polar surface area (TPSA) is 55.6 Å². The highest BCUT2D eigenvalue weighted by atomic mass is 16.5. The molecule has 2 N–H and O–H groups in total. The molecule has 0 fully saturated rings. The van der Waals surface area contributed by atoms with E-state index in [9.17, 15) is 4.79 Å². The normalized spacial score (nSPS) is 20.3. The van der Waals surface area contributed by atoms with E-state index in [4.69, 9.17) is 10.5 Å². The maximum absolute atomic E-state index is 11.5. The van der Waals surface area contributed by atoms with E-state index in [2.05, 4.69) is 0 Å². The van der Waals surface area contributed by atoms with Gasteiger partial charge in [0, 0.05) is 18.8 Å². The molecule has 2 rings (SSSR count). The Bertz CT molecular complexity index is 390. The van der Waals surface area contributed by atoms with Gasteiger partial charge in [-0.3, -0.25) is 4.79 Å². The predicted molar refractivity (Wildman–Crippen MR) is 54.4 cm³/mol. The molecule has 1 heterocycles. The number of hydrogen-bond acceptors (Lipinski definition) is 3. The van der Waals surface area contributed by atoms with Crippen molar-refractivity contribution in [3.8, 4) is 5.75 Å². The first kappa shape index (κ1) is 8.87. The standard InChI is InChI=1S/C10H12N2O2/c1-6-10(13)12(2)8-4-3-7(11)5-9(8)14-6/h3-6H,11H2,1-2H3/t6-/m0/s1. The molecule has 1 amide bonds. The smallest absolute Gasteiger partial charge is 0.267 e. The molecule has 0 unspecified atom stereocenters. The van der Waals surface area contributed by atoms with Gasteiger partial charge in [0.2, 0.25) is 0 Å². The summed E-state index contributed by atoms with van der Waals surface area (Å²) in [5.41, 5.74) is 7.03. The summed E-state index contributed by atoms with van der Waals surface area (Å²) in [7, 11) is 1.73. The summed E-state index contributed by atoms with van der Waals surface area (Å²) in [5, 5.41) is 0. The van der Waals surface area contributed by atoms with Crippen LogP contribution in [0.1, 0.15) is 6.92 Å². The van der Waals surface area contributed by atoms with E-state index in [0.717, 1.165) is 5.69 Å². The number of amides is 1. The summed E-state index contributed by atoms with van der Waals surface area (Å²) < 4.78 is 5.42. The highest BCUT2D eigenvalue weighted by Crippen LogP contribution is 2.34. The molecular formula is C10H12N2O2. The molecule has 1 aliphatic rings. The van der Waals surface area contributed by atoms with Gasteiger partial charge in [-0.2, -0.15) is 0 Å². The summed E-state index contributed by atoms with van der Waals surface area (Å²) in [6.45, 7) is 1.73. The average molecular weight is 192 g/mol. The Morgan fingerprint density at radius 3 is 2.93 bits per heavy atom. The van der Waals surface area contributed by atoms with Crippen molar-refractivity contribution in [2.45, 2.75) is 13.0 Å². The van der Waals surface area contributed by atoms with Crippen molar-refractivity contribution in [2.75, 3.05) is 17.7 Å². The zero-order valence-electron chi connectivity index (χ0n) is 8.15. The third-order valence-corrected chi connectivity index (χ3v) is 2.33. The third-order valence-electron chi connectivity index (χ3n) is 2.33. The van der Waals surface area contributed by atoms with Crippen LogP contribution in [0.3, 0.4) is 0 Å². The van der Waals surface area contributed by atoms with Gasteiger partial charge in [0.15, 0.2) is 6.10 Å².